The van der Waals surface area contributed by atoms with Crippen LogP contribution in [0.5, 0.6) is 0 Å². The molecular formula is C15H20BrN3O. The first-order chi connectivity index (χ1) is 9.50. The van der Waals surface area contributed by atoms with Gasteiger partial charge in [0.1, 0.15) is 5.65 Å². The minimum Gasteiger partial charge on any atom is -0.369 e. The number of rotatable bonds is 2. The second-order valence-corrected chi connectivity index (χ2v) is 6.57. The summed E-state index contributed by atoms with van der Waals surface area (Å²) >= 11 is 3.60. The molecule has 0 spiro atoms. The van der Waals surface area contributed by atoms with Crippen molar-refractivity contribution < 1.29 is 4.74 Å². The van der Waals surface area contributed by atoms with E-state index in [9.17, 15) is 0 Å². The fourth-order valence-corrected chi connectivity index (χ4v) is 3.55. The molecule has 1 saturated heterocycles. The van der Waals surface area contributed by atoms with Crippen LogP contribution in [0.25, 0.3) is 5.65 Å². The molecule has 0 radical (unpaired) electrons. The number of imidazole rings is 1. The number of hydrogen-bond acceptors (Lipinski definition) is 3. The number of nitrogens with zero attached hydrogens (tertiary/aromatic N) is 3. The second-order valence-electron chi connectivity index (χ2n) is 6.01. The third kappa shape index (κ3) is 2.44. The number of aromatic nitrogens is 2. The molecule has 5 heteroatoms. The van der Waals surface area contributed by atoms with Gasteiger partial charge in [-0.2, -0.15) is 0 Å². The Kier molecular flexibility index (Phi) is 3.50. The summed E-state index contributed by atoms with van der Waals surface area (Å²) in [5, 5.41) is 0.791. The van der Waals surface area contributed by atoms with Crippen LogP contribution >= 0.6 is 15.9 Å². The van der Waals surface area contributed by atoms with E-state index in [2.05, 4.69) is 52.2 Å². The summed E-state index contributed by atoms with van der Waals surface area (Å²) in [6, 6.07) is 6.11. The maximum atomic E-state index is 5.98. The molecule has 0 aliphatic carbocycles. The highest BCUT2D eigenvalue weighted by atomic mass is 79.9. The van der Waals surface area contributed by atoms with Crippen LogP contribution in [0.1, 0.15) is 26.5 Å². The van der Waals surface area contributed by atoms with Crippen molar-refractivity contribution in [3.05, 3.63) is 30.1 Å². The Balaban J connectivity index is 2.05. The third-order valence-corrected chi connectivity index (χ3v) is 4.13. The second kappa shape index (κ2) is 5.04. The topological polar surface area (TPSA) is 29.8 Å². The van der Waals surface area contributed by atoms with E-state index >= 15 is 0 Å². The van der Waals surface area contributed by atoms with Crippen LogP contribution in [-0.2, 0) is 10.1 Å². The van der Waals surface area contributed by atoms with Crippen molar-refractivity contribution in [2.24, 2.45) is 0 Å². The highest BCUT2D eigenvalue weighted by molar-refractivity contribution is 9.08. The van der Waals surface area contributed by atoms with Gasteiger partial charge in [0, 0.05) is 24.6 Å². The molecule has 4 nitrogen and oxygen atoms in total. The van der Waals surface area contributed by atoms with Crippen LogP contribution < -0.4 is 4.90 Å². The molecule has 1 atom stereocenters. The van der Waals surface area contributed by atoms with Gasteiger partial charge >= 0.3 is 0 Å². The lowest BCUT2D eigenvalue weighted by Gasteiger charge is -2.42. The van der Waals surface area contributed by atoms with Gasteiger partial charge in [-0.05, 0) is 32.9 Å². The van der Waals surface area contributed by atoms with E-state index in [1.807, 2.05) is 18.2 Å². The third-order valence-electron chi connectivity index (χ3n) is 3.60. The molecule has 0 N–H and O–H groups in total. The molecule has 2 aromatic heterocycles. The summed E-state index contributed by atoms with van der Waals surface area (Å²) < 4.78 is 8.13. The number of hydrogen-bond donors (Lipinski definition) is 0. The molecule has 108 valence electrons. The maximum absolute atomic E-state index is 5.98. The molecule has 20 heavy (non-hydrogen) atoms. The van der Waals surface area contributed by atoms with E-state index in [-0.39, 0.29) is 11.7 Å². The minimum absolute atomic E-state index is 0.142. The number of fused-ring (bicyclic) bond motifs is 1. The number of alkyl halides is 1. The smallest absolute Gasteiger partial charge is 0.152 e. The van der Waals surface area contributed by atoms with Crippen LogP contribution in [0.15, 0.2) is 24.4 Å². The van der Waals surface area contributed by atoms with Crippen molar-refractivity contribution >= 4 is 27.4 Å². The van der Waals surface area contributed by atoms with Crippen LogP contribution in [-0.4, -0.2) is 34.2 Å². The molecule has 0 saturated carbocycles. The van der Waals surface area contributed by atoms with Gasteiger partial charge in [-0.3, -0.25) is 0 Å². The lowest BCUT2D eigenvalue weighted by atomic mass is 10.1. The lowest BCUT2D eigenvalue weighted by molar-refractivity contribution is -0.0751. The molecule has 1 fully saturated rings. The molecule has 1 aliphatic rings. The summed E-state index contributed by atoms with van der Waals surface area (Å²) in [4.78, 5) is 7.16. The van der Waals surface area contributed by atoms with E-state index in [4.69, 9.17) is 9.72 Å². The summed E-state index contributed by atoms with van der Waals surface area (Å²) in [6.45, 7) is 8.14. The highest BCUT2D eigenvalue weighted by Crippen LogP contribution is 2.29. The largest absolute Gasteiger partial charge is 0.369 e. The zero-order valence-electron chi connectivity index (χ0n) is 12.1. The first-order valence-corrected chi connectivity index (χ1v) is 8.07. The van der Waals surface area contributed by atoms with Crippen LogP contribution in [0.4, 0.5) is 5.82 Å². The Morgan fingerprint density at radius 1 is 1.45 bits per heavy atom. The summed E-state index contributed by atoms with van der Waals surface area (Å²) in [7, 11) is 0. The number of ether oxygens (including phenoxy) is 1. The fourth-order valence-electron chi connectivity index (χ4n) is 3.03. The molecule has 1 unspecified atom stereocenters. The molecule has 2 aromatic rings. The molecule has 1 aliphatic heterocycles. The molecule has 3 heterocycles. The quantitative estimate of drug-likeness (QED) is 0.788. The van der Waals surface area contributed by atoms with E-state index < -0.39 is 0 Å². The van der Waals surface area contributed by atoms with Crippen LogP contribution in [0, 0.1) is 0 Å². The maximum Gasteiger partial charge on any atom is 0.152 e. The number of halogens is 1. The molecular weight excluding hydrogens is 318 g/mol. The Morgan fingerprint density at radius 2 is 2.25 bits per heavy atom. The predicted octanol–water partition coefficient (Wildman–Crippen LogP) is 3.23. The monoisotopic (exact) mass is 337 g/mol. The van der Waals surface area contributed by atoms with Gasteiger partial charge in [0.25, 0.3) is 0 Å². The standard InChI is InChI=1S/C15H20BrN3O/c1-11-9-18(10-15(2,3)20-11)14-12(8-16)19-7-5-4-6-13(19)17-14/h4-7,11H,8-10H2,1-3H3. The number of pyridine rings is 1. The molecule has 3 rings (SSSR count). The number of morpholine rings is 1. The summed E-state index contributed by atoms with van der Waals surface area (Å²) in [5.74, 6) is 1.07. The SMILES string of the molecule is CC1CN(c2nc3ccccn3c2CBr)CC(C)(C)O1. The Bertz CT molecular complexity index is 623. The average molecular weight is 338 g/mol. The minimum atomic E-state index is -0.142. The zero-order valence-corrected chi connectivity index (χ0v) is 13.7. The highest BCUT2D eigenvalue weighted by Gasteiger charge is 2.33. The van der Waals surface area contributed by atoms with E-state index in [1.165, 1.54) is 5.69 Å². The Hall–Kier alpha value is -1.07. The number of anilines is 1. The van der Waals surface area contributed by atoms with Crippen molar-refractivity contribution in [2.45, 2.75) is 37.8 Å². The average Bonchev–Trinajstić information content (AvgIpc) is 2.74. The van der Waals surface area contributed by atoms with Gasteiger partial charge in [-0.15, -0.1) is 0 Å². The summed E-state index contributed by atoms with van der Waals surface area (Å²) in [6.07, 6.45) is 2.28. The van der Waals surface area contributed by atoms with Gasteiger partial charge in [0.2, 0.25) is 0 Å². The molecule has 0 aromatic carbocycles. The molecule has 0 amide bonds. The first kappa shape index (κ1) is 13.9. The fraction of sp³-hybridized carbons (Fsp3) is 0.533. The normalized spacial score (nSPS) is 22.4. The van der Waals surface area contributed by atoms with Gasteiger partial charge < -0.3 is 14.0 Å². The van der Waals surface area contributed by atoms with Gasteiger partial charge in [0.15, 0.2) is 5.82 Å². The predicted molar refractivity (Wildman–Crippen MR) is 84.7 cm³/mol. The van der Waals surface area contributed by atoms with Gasteiger partial charge in [0.05, 0.1) is 17.4 Å². The van der Waals surface area contributed by atoms with Crippen molar-refractivity contribution in [1.82, 2.24) is 9.38 Å². The van der Waals surface area contributed by atoms with Crippen molar-refractivity contribution in [1.29, 1.82) is 0 Å². The first-order valence-electron chi connectivity index (χ1n) is 6.95. The van der Waals surface area contributed by atoms with Crippen molar-refractivity contribution in [3.63, 3.8) is 0 Å². The van der Waals surface area contributed by atoms with E-state index in [1.54, 1.807) is 0 Å². The van der Waals surface area contributed by atoms with E-state index in [0.717, 1.165) is 29.9 Å². The van der Waals surface area contributed by atoms with Crippen LogP contribution in [0.2, 0.25) is 0 Å². The molecule has 0 bridgehead atoms. The van der Waals surface area contributed by atoms with Gasteiger partial charge in [-0.1, -0.05) is 22.0 Å². The van der Waals surface area contributed by atoms with Crippen LogP contribution in [0.3, 0.4) is 0 Å². The Morgan fingerprint density at radius 3 is 2.95 bits per heavy atom. The van der Waals surface area contributed by atoms with Crippen molar-refractivity contribution in [3.8, 4) is 0 Å². The Labute approximate surface area is 127 Å². The zero-order chi connectivity index (χ0) is 14.3. The van der Waals surface area contributed by atoms with Crippen molar-refractivity contribution in [2.75, 3.05) is 18.0 Å². The summed E-state index contributed by atoms with van der Waals surface area (Å²) in [5.41, 5.74) is 2.05. The lowest BCUT2D eigenvalue weighted by Crippen LogP contribution is -2.52. The van der Waals surface area contributed by atoms with E-state index in [0.29, 0.717) is 0 Å². The van der Waals surface area contributed by atoms with Gasteiger partial charge in [-0.25, -0.2) is 4.98 Å².